The van der Waals surface area contributed by atoms with Crippen LogP contribution in [-0.4, -0.2) is 99.7 Å². The number of aromatic hydroxyl groups is 1. The van der Waals surface area contributed by atoms with Crippen LogP contribution < -0.4 is 16.4 Å². The summed E-state index contributed by atoms with van der Waals surface area (Å²) in [6.45, 7) is 2.51. The molecule has 1 aromatic carbocycles. The number of carbonyl (C=O) groups excluding carboxylic acids is 3. The van der Waals surface area contributed by atoms with Crippen molar-refractivity contribution in [3.63, 3.8) is 0 Å². The molecule has 10 N–H and O–H groups in total. The van der Waals surface area contributed by atoms with E-state index in [2.05, 4.69) is 0 Å². The summed E-state index contributed by atoms with van der Waals surface area (Å²) < 4.78 is 31.6. The number of aliphatic hydroxyl groups is 3. The smallest absolute Gasteiger partial charge is 0.394 e. The van der Waals surface area contributed by atoms with Crippen LogP contribution in [0.5, 0.6) is 5.75 Å². The second-order valence-corrected chi connectivity index (χ2v) is 11.0. The number of nitrogens with zero attached hydrogens (tertiary/aromatic N) is 2. The van der Waals surface area contributed by atoms with Gasteiger partial charge in [0, 0.05) is 30.8 Å². The summed E-state index contributed by atoms with van der Waals surface area (Å²) in [4.78, 5) is 42.4. The van der Waals surface area contributed by atoms with E-state index in [1.54, 1.807) is 20.2 Å². The molecule has 220 valence electrons. The number of carbonyl (C=O) groups is 3. The van der Waals surface area contributed by atoms with E-state index in [0.717, 1.165) is 0 Å². The third kappa shape index (κ3) is 4.88. The first-order chi connectivity index (χ1) is 18.3. The van der Waals surface area contributed by atoms with Crippen molar-refractivity contribution in [3.8, 4) is 5.75 Å². The lowest BCUT2D eigenvalue weighted by molar-refractivity contribution is -0.148. The van der Waals surface area contributed by atoms with Crippen LogP contribution in [0.3, 0.4) is 0 Å². The Balaban J connectivity index is 0.000000810. The van der Waals surface area contributed by atoms with Crippen molar-refractivity contribution in [1.82, 2.24) is 4.90 Å². The zero-order chi connectivity index (χ0) is 30.6. The predicted octanol–water partition coefficient (Wildman–Crippen LogP) is -0.494. The Morgan fingerprint density at radius 1 is 1.15 bits per heavy atom. The SMILES string of the molecule is CCN(C)c1cc(N)c(O)c2c1CC1CC3[C@H](N(C)C)C(O)=C(C(N)=O)C(=O)[C@@]3(O)C(O)=C1C2=O.O=S(=O)(O)O. The lowest BCUT2D eigenvalue weighted by Crippen LogP contribution is -2.63. The maximum absolute atomic E-state index is 13.7. The molecule has 0 aliphatic heterocycles. The number of hydrogen-bond acceptors (Lipinski definition) is 12. The van der Waals surface area contributed by atoms with Gasteiger partial charge in [0.15, 0.2) is 11.4 Å². The average Bonchev–Trinajstić information content (AvgIpc) is 2.81. The molecule has 4 rings (SSSR count). The van der Waals surface area contributed by atoms with Crippen LogP contribution in [-0.2, 0) is 26.4 Å². The number of hydrogen-bond donors (Lipinski definition) is 8. The molecule has 3 aliphatic carbocycles. The van der Waals surface area contributed by atoms with Crippen molar-refractivity contribution < 1.29 is 52.3 Å². The standard InChI is InChI=1S/C24H30N4O7.H2O4S/c1-5-28(4)13-8-12(25)18(29)15-10(13)6-9-7-11-17(27(2)3)20(31)16(23(26)34)22(33)24(11,35)21(32)14(9)19(15)30;1-5(2,3)4/h8-9,11,17,29,31-32,35H,5-7,25H2,1-4H3,(H2,26,34);(H2,1,2,3,4)/t9?,11?,17-,24-;/m0./s1. The Morgan fingerprint density at radius 2 is 1.70 bits per heavy atom. The molecule has 16 heteroatoms. The molecule has 1 aromatic rings. The topological polar surface area (TPSA) is 265 Å². The number of rotatable bonds is 4. The normalized spacial score (nSPS) is 26.1. The number of benzene rings is 1. The molecule has 3 aliphatic rings. The van der Waals surface area contributed by atoms with E-state index >= 15 is 0 Å². The van der Waals surface area contributed by atoms with Crippen LogP contribution >= 0.6 is 0 Å². The molecular formula is C24H32N4O11S. The highest BCUT2D eigenvalue weighted by atomic mass is 32.3. The van der Waals surface area contributed by atoms with Gasteiger partial charge in [-0.3, -0.25) is 28.4 Å². The van der Waals surface area contributed by atoms with Crippen LogP contribution in [0.25, 0.3) is 0 Å². The first kappa shape index (κ1) is 30.8. The number of allylic oxidation sites excluding steroid dienone is 1. The number of nitrogen functional groups attached to an aromatic ring is 1. The fourth-order valence-corrected chi connectivity index (χ4v) is 5.83. The highest BCUT2D eigenvalue weighted by Crippen LogP contribution is 2.53. The number of aliphatic hydroxyl groups excluding tert-OH is 2. The Kier molecular flexibility index (Phi) is 7.99. The Labute approximate surface area is 229 Å². The third-order valence-corrected chi connectivity index (χ3v) is 7.61. The van der Waals surface area contributed by atoms with Crippen molar-refractivity contribution in [1.29, 1.82) is 0 Å². The summed E-state index contributed by atoms with van der Waals surface area (Å²) in [5.74, 6) is -6.92. The highest BCUT2D eigenvalue weighted by molar-refractivity contribution is 7.79. The number of Topliss-reactive ketones (excluding diaryl/α,β-unsaturated/α-hetero) is 2. The molecular weight excluding hydrogens is 552 g/mol. The second-order valence-electron chi connectivity index (χ2n) is 10.1. The van der Waals surface area contributed by atoms with Gasteiger partial charge in [-0.15, -0.1) is 0 Å². The van der Waals surface area contributed by atoms with Crippen LogP contribution in [0.1, 0.15) is 29.3 Å². The molecule has 2 unspecified atom stereocenters. The van der Waals surface area contributed by atoms with E-state index in [0.29, 0.717) is 17.8 Å². The number of anilines is 2. The zero-order valence-electron chi connectivity index (χ0n) is 22.1. The number of nitrogens with two attached hydrogens (primary N) is 2. The number of fused-ring (bicyclic) bond motifs is 3. The summed E-state index contributed by atoms with van der Waals surface area (Å²) >= 11 is 0. The summed E-state index contributed by atoms with van der Waals surface area (Å²) in [7, 11) is 0.319. The molecule has 0 saturated carbocycles. The fourth-order valence-electron chi connectivity index (χ4n) is 5.83. The lowest BCUT2D eigenvalue weighted by atomic mass is 9.58. The quantitative estimate of drug-likeness (QED) is 0.0960. The molecule has 0 saturated heterocycles. The predicted molar refractivity (Wildman–Crippen MR) is 141 cm³/mol. The molecule has 0 heterocycles. The number of primary amides is 1. The zero-order valence-corrected chi connectivity index (χ0v) is 22.9. The molecule has 0 bridgehead atoms. The van der Waals surface area contributed by atoms with Crippen molar-refractivity contribution >= 4 is 39.2 Å². The van der Waals surface area contributed by atoms with Gasteiger partial charge >= 0.3 is 10.4 Å². The second kappa shape index (κ2) is 10.4. The fraction of sp³-hybridized carbons (Fsp3) is 0.458. The van der Waals surface area contributed by atoms with E-state index in [1.807, 2.05) is 18.9 Å². The highest BCUT2D eigenvalue weighted by Gasteiger charge is 2.63. The minimum absolute atomic E-state index is 0.0244. The molecule has 4 atom stereocenters. The van der Waals surface area contributed by atoms with Gasteiger partial charge in [0.1, 0.15) is 22.8 Å². The molecule has 15 nitrogen and oxygen atoms in total. The van der Waals surface area contributed by atoms with Gasteiger partial charge in [0.05, 0.1) is 17.3 Å². The van der Waals surface area contributed by atoms with Crippen LogP contribution in [0.2, 0.25) is 0 Å². The lowest BCUT2D eigenvalue weighted by Gasteiger charge is -2.50. The first-order valence-corrected chi connectivity index (χ1v) is 13.4. The third-order valence-electron chi connectivity index (χ3n) is 7.61. The van der Waals surface area contributed by atoms with E-state index in [4.69, 9.17) is 29.0 Å². The summed E-state index contributed by atoms with van der Waals surface area (Å²) in [6.07, 6.45) is 0.244. The van der Waals surface area contributed by atoms with Gasteiger partial charge in [-0.2, -0.15) is 8.42 Å². The summed E-state index contributed by atoms with van der Waals surface area (Å²) in [6, 6.07) is 0.553. The summed E-state index contributed by atoms with van der Waals surface area (Å²) in [5.41, 5.74) is 8.66. The van der Waals surface area contributed by atoms with Crippen molar-refractivity contribution in [2.75, 3.05) is 38.3 Å². The minimum atomic E-state index is -4.67. The van der Waals surface area contributed by atoms with E-state index < -0.39 is 74.2 Å². The number of phenolic OH excluding ortho intramolecular Hbond substituents is 1. The van der Waals surface area contributed by atoms with Gasteiger partial charge in [0.2, 0.25) is 5.78 Å². The molecule has 1 amide bonds. The van der Waals surface area contributed by atoms with E-state index in [9.17, 15) is 34.8 Å². The van der Waals surface area contributed by atoms with E-state index in [1.165, 1.54) is 4.90 Å². The molecule has 0 fully saturated rings. The monoisotopic (exact) mass is 584 g/mol. The maximum Gasteiger partial charge on any atom is 0.394 e. The van der Waals surface area contributed by atoms with Gasteiger partial charge < -0.3 is 36.8 Å². The maximum atomic E-state index is 13.7. The Bertz CT molecular complexity index is 1460. The van der Waals surface area contributed by atoms with Crippen LogP contribution in [0, 0.1) is 11.8 Å². The first-order valence-electron chi connectivity index (χ1n) is 12.0. The molecule has 0 radical (unpaired) electrons. The number of phenols is 1. The van der Waals surface area contributed by atoms with Gasteiger partial charge in [-0.25, -0.2) is 0 Å². The minimum Gasteiger partial charge on any atom is -0.510 e. The van der Waals surface area contributed by atoms with Gasteiger partial charge in [-0.05, 0) is 51.4 Å². The van der Waals surface area contributed by atoms with Gasteiger partial charge in [0.25, 0.3) is 5.91 Å². The van der Waals surface area contributed by atoms with Crippen LogP contribution in [0.4, 0.5) is 11.4 Å². The Hall–Kier alpha value is -3.70. The summed E-state index contributed by atoms with van der Waals surface area (Å²) in [5, 5.41) is 44.4. The molecule has 0 spiro atoms. The molecule has 40 heavy (non-hydrogen) atoms. The van der Waals surface area contributed by atoms with Crippen molar-refractivity contribution in [3.05, 3.63) is 39.9 Å². The number of likely N-dealkylation sites (N-methyl/N-ethyl adjacent to an activating group) is 1. The van der Waals surface area contributed by atoms with Crippen LogP contribution in [0.15, 0.2) is 28.7 Å². The average molecular weight is 585 g/mol. The van der Waals surface area contributed by atoms with Crippen molar-refractivity contribution in [2.45, 2.75) is 31.4 Å². The number of amides is 1. The van der Waals surface area contributed by atoms with Crippen molar-refractivity contribution in [2.24, 2.45) is 17.6 Å². The largest absolute Gasteiger partial charge is 0.510 e. The molecule has 0 aromatic heterocycles. The van der Waals surface area contributed by atoms with Gasteiger partial charge in [-0.1, -0.05) is 0 Å². The number of ketones is 2. The van der Waals surface area contributed by atoms with E-state index in [-0.39, 0.29) is 29.7 Å². The Morgan fingerprint density at radius 3 is 2.17 bits per heavy atom.